The first-order valence-corrected chi connectivity index (χ1v) is 22.5. The highest BCUT2D eigenvalue weighted by Gasteiger charge is 2.43. The van der Waals surface area contributed by atoms with E-state index in [0.29, 0.717) is 29.8 Å². The molecular formula is C53H59N3. The van der Waals surface area contributed by atoms with Crippen LogP contribution in [-0.2, 0) is 0 Å². The maximum Gasteiger partial charge on any atom is 0.0622 e. The van der Waals surface area contributed by atoms with Crippen LogP contribution in [0, 0.1) is 17.8 Å². The third kappa shape index (κ3) is 6.20. The van der Waals surface area contributed by atoms with Gasteiger partial charge in [0.25, 0.3) is 0 Å². The summed E-state index contributed by atoms with van der Waals surface area (Å²) in [5, 5.41) is 4.31. The predicted molar refractivity (Wildman–Crippen MR) is 233 cm³/mol. The van der Waals surface area contributed by atoms with Gasteiger partial charge in [-0.25, -0.2) is 0 Å². The standard InChI is InChI=1S/C53H59N3/c1-2-14-36(15-3-1)37-28-30-38(31-29-37)41-34-48(39-16-12-18-42(32-39)55-50-24-8-4-20-44(50)45-21-5-9-25-51(45)55)54-49(35-41)40-17-13-19-43(33-40)56-52-26-10-6-22-46(52)47-23-7-11-27-53(47)56/h1-2,4,6,8,12-14,17-20,22,24,28,30,32-34,39,44,46,48-50,52,54H,3,5,7,9-11,15-16,21,23,25-27,29,31,35H2. The Labute approximate surface area is 335 Å². The molecule has 0 radical (unpaired) electrons. The number of nitrogens with one attached hydrogen (secondary N) is 1. The minimum atomic E-state index is 0.275. The molecular weight excluding hydrogens is 679 g/mol. The molecule has 3 aliphatic heterocycles. The van der Waals surface area contributed by atoms with Crippen molar-refractivity contribution in [2.24, 2.45) is 17.8 Å². The number of anilines is 1. The van der Waals surface area contributed by atoms with E-state index in [4.69, 9.17) is 0 Å². The molecule has 56 heavy (non-hydrogen) atoms. The second kappa shape index (κ2) is 14.9. The van der Waals surface area contributed by atoms with Crippen LogP contribution in [0.1, 0.15) is 114 Å². The van der Waals surface area contributed by atoms with E-state index in [0.717, 1.165) is 25.7 Å². The molecule has 3 heteroatoms. The molecule has 11 rings (SSSR count). The first-order valence-electron chi connectivity index (χ1n) is 22.5. The van der Waals surface area contributed by atoms with Crippen molar-refractivity contribution < 1.29 is 0 Å². The number of allylic oxidation sites excluding steroid dienone is 15. The van der Waals surface area contributed by atoms with Crippen LogP contribution in [-0.4, -0.2) is 23.0 Å². The van der Waals surface area contributed by atoms with Crippen molar-refractivity contribution in [3.8, 4) is 0 Å². The molecule has 3 nitrogen and oxygen atoms in total. The van der Waals surface area contributed by atoms with Crippen LogP contribution in [0.5, 0.6) is 0 Å². The van der Waals surface area contributed by atoms with Crippen LogP contribution in [0.15, 0.2) is 166 Å². The summed E-state index contributed by atoms with van der Waals surface area (Å²) in [6.07, 6.45) is 56.2. The molecule has 10 aliphatic rings. The van der Waals surface area contributed by atoms with Gasteiger partial charge in [-0.3, -0.25) is 0 Å². The minimum Gasteiger partial charge on any atom is -0.341 e. The van der Waals surface area contributed by atoms with Gasteiger partial charge in [-0.15, -0.1) is 0 Å². The average Bonchev–Trinajstić information content (AvgIpc) is 3.80. The van der Waals surface area contributed by atoms with Crippen molar-refractivity contribution in [2.75, 3.05) is 4.90 Å². The van der Waals surface area contributed by atoms with E-state index < -0.39 is 0 Å². The van der Waals surface area contributed by atoms with Gasteiger partial charge in [0.15, 0.2) is 0 Å². The highest BCUT2D eigenvalue weighted by Crippen LogP contribution is 2.50. The normalized spacial score (nSPS) is 33.4. The number of fused-ring (bicyclic) bond motifs is 4. The third-order valence-corrected chi connectivity index (χ3v) is 15.0. The zero-order valence-corrected chi connectivity index (χ0v) is 33.2. The van der Waals surface area contributed by atoms with Gasteiger partial charge in [0, 0.05) is 58.7 Å². The van der Waals surface area contributed by atoms with Crippen LogP contribution < -0.4 is 10.2 Å². The Balaban J connectivity index is 0.936. The van der Waals surface area contributed by atoms with E-state index in [1.165, 1.54) is 94.0 Å². The van der Waals surface area contributed by atoms with Gasteiger partial charge in [-0.1, -0.05) is 97.2 Å². The molecule has 286 valence electrons. The molecule has 0 aromatic heterocycles. The maximum absolute atomic E-state index is 4.31. The Bertz CT molecular complexity index is 2150. The monoisotopic (exact) mass is 737 g/mol. The van der Waals surface area contributed by atoms with Gasteiger partial charge < -0.3 is 15.1 Å². The van der Waals surface area contributed by atoms with Gasteiger partial charge in [0.05, 0.1) is 6.04 Å². The third-order valence-electron chi connectivity index (χ3n) is 15.0. The molecule has 0 spiro atoms. The number of benzene rings is 1. The molecule has 1 aromatic carbocycles. The lowest BCUT2D eigenvalue weighted by Crippen LogP contribution is -2.41. The van der Waals surface area contributed by atoms with E-state index in [1.54, 1.807) is 44.8 Å². The molecule has 0 amide bonds. The highest BCUT2D eigenvalue weighted by atomic mass is 15.2. The maximum atomic E-state index is 4.31. The second-order valence-electron chi connectivity index (χ2n) is 18.2. The molecule has 0 saturated carbocycles. The Hall–Kier alpha value is -4.34. The first kappa shape index (κ1) is 34.9. The summed E-state index contributed by atoms with van der Waals surface area (Å²) in [6, 6.07) is 11.3. The van der Waals surface area contributed by atoms with Crippen LogP contribution in [0.2, 0.25) is 0 Å². The lowest BCUT2D eigenvalue weighted by atomic mass is 9.79. The summed E-state index contributed by atoms with van der Waals surface area (Å²) in [7, 11) is 0. The zero-order chi connectivity index (χ0) is 37.0. The van der Waals surface area contributed by atoms with Crippen molar-refractivity contribution in [1.82, 2.24) is 10.2 Å². The smallest absolute Gasteiger partial charge is 0.0622 e. The summed E-state index contributed by atoms with van der Waals surface area (Å²) in [5.74, 6) is 1.55. The first-order chi connectivity index (χ1) is 27.8. The predicted octanol–water partition coefficient (Wildman–Crippen LogP) is 12.6. The largest absolute Gasteiger partial charge is 0.341 e. The molecule has 7 unspecified atom stereocenters. The van der Waals surface area contributed by atoms with Crippen LogP contribution in [0.25, 0.3) is 0 Å². The Morgan fingerprint density at radius 2 is 1.41 bits per heavy atom. The van der Waals surface area contributed by atoms with E-state index >= 15 is 0 Å². The number of rotatable bonds is 6. The zero-order valence-electron chi connectivity index (χ0n) is 33.2. The van der Waals surface area contributed by atoms with Gasteiger partial charge >= 0.3 is 0 Å². The topological polar surface area (TPSA) is 18.5 Å². The minimum absolute atomic E-state index is 0.275. The van der Waals surface area contributed by atoms with Crippen molar-refractivity contribution >= 4 is 5.69 Å². The fraction of sp³-hybridized carbons (Fsp3) is 0.434. The summed E-state index contributed by atoms with van der Waals surface area (Å²) in [5.41, 5.74) is 17.2. The highest BCUT2D eigenvalue weighted by molar-refractivity contribution is 5.61. The van der Waals surface area contributed by atoms with Gasteiger partial charge in [0.2, 0.25) is 0 Å². The summed E-state index contributed by atoms with van der Waals surface area (Å²) >= 11 is 0. The van der Waals surface area contributed by atoms with Crippen LogP contribution in [0.4, 0.5) is 5.69 Å². The molecule has 3 heterocycles. The van der Waals surface area contributed by atoms with E-state index in [2.05, 4.69) is 131 Å². The van der Waals surface area contributed by atoms with Crippen LogP contribution in [0.3, 0.4) is 0 Å². The Morgan fingerprint density at radius 1 is 0.625 bits per heavy atom. The lowest BCUT2D eigenvalue weighted by Gasteiger charge is -2.39. The second-order valence-corrected chi connectivity index (χ2v) is 18.2. The SMILES string of the molecule is C1=CCCC(C2=CC=C(C3=CC(C4C=C(N5C6=C(CCCC6)C6C=CC=CC65)C=CC4)NC(c4cccc(N5C6=C(CCCC6)C6C=CCCC65)c4)C3)CC2)=C1. The molecule has 0 saturated heterocycles. The summed E-state index contributed by atoms with van der Waals surface area (Å²) in [6.45, 7) is 0. The van der Waals surface area contributed by atoms with Gasteiger partial charge in [0.1, 0.15) is 0 Å². The number of nitrogens with zero attached hydrogens (tertiary/aromatic N) is 2. The van der Waals surface area contributed by atoms with E-state index in [1.807, 2.05) is 0 Å². The van der Waals surface area contributed by atoms with Crippen molar-refractivity contribution in [3.63, 3.8) is 0 Å². The summed E-state index contributed by atoms with van der Waals surface area (Å²) < 4.78 is 0. The quantitative estimate of drug-likeness (QED) is 0.293. The molecule has 1 N–H and O–H groups in total. The molecule has 0 bridgehead atoms. The van der Waals surface area contributed by atoms with Crippen molar-refractivity contribution in [3.05, 3.63) is 171 Å². The Morgan fingerprint density at radius 3 is 2.25 bits per heavy atom. The molecule has 7 atom stereocenters. The number of hydrogen-bond acceptors (Lipinski definition) is 3. The lowest BCUT2D eigenvalue weighted by molar-refractivity contribution is 0.345. The molecule has 1 aromatic rings. The van der Waals surface area contributed by atoms with E-state index in [-0.39, 0.29) is 12.1 Å². The van der Waals surface area contributed by atoms with Crippen LogP contribution >= 0.6 is 0 Å². The van der Waals surface area contributed by atoms with E-state index in [9.17, 15) is 0 Å². The fourth-order valence-corrected chi connectivity index (χ4v) is 12.3. The summed E-state index contributed by atoms with van der Waals surface area (Å²) in [4.78, 5) is 5.56. The van der Waals surface area contributed by atoms with Crippen molar-refractivity contribution in [2.45, 2.75) is 127 Å². The molecule has 0 fully saturated rings. The average molecular weight is 738 g/mol. The fourth-order valence-electron chi connectivity index (χ4n) is 12.3. The van der Waals surface area contributed by atoms with Gasteiger partial charge in [-0.05, 0) is 160 Å². The number of hydrogen-bond donors (Lipinski definition) is 1. The van der Waals surface area contributed by atoms with Crippen molar-refractivity contribution in [1.29, 1.82) is 0 Å². The molecule has 7 aliphatic carbocycles. The van der Waals surface area contributed by atoms with Gasteiger partial charge in [-0.2, -0.15) is 0 Å². The Kier molecular flexibility index (Phi) is 9.26.